The van der Waals surface area contributed by atoms with Gasteiger partial charge in [0, 0.05) is 13.1 Å². The van der Waals surface area contributed by atoms with Gasteiger partial charge in [0.15, 0.2) is 12.4 Å². The van der Waals surface area contributed by atoms with Gasteiger partial charge in [0.25, 0.3) is 11.8 Å². The van der Waals surface area contributed by atoms with Crippen LogP contribution in [0, 0.1) is 0 Å². The number of hydroxylamine groups is 2. The Morgan fingerprint density at radius 1 is 1.10 bits per heavy atom. The lowest BCUT2D eigenvalue weighted by atomic mass is 10.1. The summed E-state index contributed by atoms with van der Waals surface area (Å²) in [6.45, 7) is 5.83. The van der Waals surface area contributed by atoms with Gasteiger partial charge in [0.2, 0.25) is 0 Å². The molecule has 0 N–H and O–H groups in total. The Kier molecular flexibility index (Phi) is 8.69. The van der Waals surface area contributed by atoms with Gasteiger partial charge in [-0.3, -0.25) is 28.3 Å². The van der Waals surface area contributed by atoms with E-state index in [1.54, 1.807) is 26.0 Å². The van der Waals surface area contributed by atoms with Crippen LogP contribution in [0.4, 0.5) is 0 Å². The van der Waals surface area contributed by atoms with Crippen LogP contribution in [-0.2, 0) is 32.7 Å². The van der Waals surface area contributed by atoms with Gasteiger partial charge in [-0.05, 0) is 26.0 Å². The molecule has 0 aliphatic carbocycles. The quantitative estimate of drug-likeness (QED) is 0.208. The van der Waals surface area contributed by atoms with Crippen LogP contribution in [0.5, 0.6) is 0 Å². The zero-order valence-electron chi connectivity index (χ0n) is 17.4. The third-order valence-corrected chi connectivity index (χ3v) is 6.06. The van der Waals surface area contributed by atoms with Crippen LogP contribution in [0.1, 0.15) is 48.4 Å². The summed E-state index contributed by atoms with van der Waals surface area (Å²) in [7, 11) is -3.29. The molecule has 0 spiro atoms. The average Bonchev–Trinajstić information content (AvgIpc) is 2.94. The number of ether oxygens (including phenoxy) is 2. The highest BCUT2D eigenvalue weighted by Crippen LogP contribution is 2.48. The van der Waals surface area contributed by atoms with Crippen molar-refractivity contribution in [3.63, 3.8) is 0 Å². The highest BCUT2D eigenvalue weighted by Gasteiger charge is 2.37. The predicted octanol–water partition coefficient (Wildman–Crippen LogP) is 2.77. The lowest BCUT2D eigenvalue weighted by Gasteiger charge is -2.24. The Bertz CT molecular complexity index is 793. The van der Waals surface area contributed by atoms with Crippen LogP contribution in [0.3, 0.4) is 0 Å². The molecule has 10 nitrogen and oxygen atoms in total. The summed E-state index contributed by atoms with van der Waals surface area (Å²) < 4.78 is 33.5. The molecule has 1 aromatic rings. The van der Waals surface area contributed by atoms with Gasteiger partial charge in [-0.1, -0.05) is 19.1 Å². The van der Waals surface area contributed by atoms with Crippen LogP contribution in [-0.4, -0.2) is 61.2 Å². The molecule has 11 heteroatoms. The maximum absolute atomic E-state index is 12.4. The lowest BCUT2D eigenvalue weighted by molar-refractivity contribution is -0.175. The van der Waals surface area contributed by atoms with Gasteiger partial charge in [-0.25, -0.2) is 0 Å². The largest absolute Gasteiger partial charge is 0.458 e. The van der Waals surface area contributed by atoms with E-state index in [0.717, 1.165) is 0 Å². The molecule has 1 aliphatic heterocycles. The molecular weight excluding hydrogens is 417 g/mol. The molecule has 1 heterocycles. The van der Waals surface area contributed by atoms with Gasteiger partial charge in [0.05, 0.1) is 24.3 Å². The molecule has 0 saturated carbocycles. The minimum atomic E-state index is -3.29. The molecule has 30 heavy (non-hydrogen) atoms. The molecule has 0 fully saturated rings. The Balaban J connectivity index is 1.94. The highest BCUT2D eigenvalue weighted by molar-refractivity contribution is 7.53. The summed E-state index contributed by atoms with van der Waals surface area (Å²) in [4.78, 5) is 41.4. The third-order valence-electron chi connectivity index (χ3n) is 4.02. The molecule has 1 aromatic carbocycles. The number of carbonyl (C=O) groups is 3. The minimum absolute atomic E-state index is 0.171. The summed E-state index contributed by atoms with van der Waals surface area (Å²) in [5.74, 6) is -1.80. The number of rotatable bonds is 12. The Hall–Kier alpha value is -2.10. The fourth-order valence-corrected chi connectivity index (χ4v) is 3.98. The van der Waals surface area contributed by atoms with E-state index in [-0.39, 0.29) is 37.1 Å². The monoisotopic (exact) mass is 443 g/mol. The Morgan fingerprint density at radius 2 is 1.70 bits per heavy atom. The number of amides is 2. The van der Waals surface area contributed by atoms with Gasteiger partial charge in [-0.15, -0.1) is 5.06 Å². The van der Waals surface area contributed by atoms with Crippen molar-refractivity contribution >= 4 is 25.4 Å². The highest BCUT2D eigenvalue weighted by atomic mass is 31.2. The van der Waals surface area contributed by atoms with Crippen LogP contribution in [0.15, 0.2) is 24.3 Å². The van der Waals surface area contributed by atoms with E-state index in [1.165, 1.54) is 26.0 Å². The van der Waals surface area contributed by atoms with Crippen molar-refractivity contribution in [1.82, 2.24) is 5.06 Å². The van der Waals surface area contributed by atoms with E-state index in [4.69, 9.17) is 23.4 Å². The molecule has 2 amide bonds. The number of imide groups is 1. The van der Waals surface area contributed by atoms with Crippen molar-refractivity contribution in [3.05, 3.63) is 35.4 Å². The van der Waals surface area contributed by atoms with Gasteiger partial charge in [-0.2, -0.15) is 0 Å². The van der Waals surface area contributed by atoms with Gasteiger partial charge >= 0.3 is 13.6 Å². The number of carbonyl (C=O) groups excluding carboxylic acids is 3. The van der Waals surface area contributed by atoms with Crippen molar-refractivity contribution in [2.75, 3.05) is 26.0 Å². The SMILES string of the molecule is CCOP(=O)(CC)OC(C)OCC(CON1C(=O)c2ccccc2C1=O)OC(C)=O. The van der Waals surface area contributed by atoms with Crippen molar-refractivity contribution in [1.29, 1.82) is 0 Å². The number of hydrogen-bond acceptors (Lipinski definition) is 9. The summed E-state index contributed by atoms with van der Waals surface area (Å²) in [5, 5.41) is 0.626. The second-order valence-electron chi connectivity index (χ2n) is 6.33. The molecule has 0 aromatic heterocycles. The molecule has 3 unspecified atom stereocenters. The molecule has 2 rings (SSSR count). The summed E-state index contributed by atoms with van der Waals surface area (Å²) in [5.41, 5.74) is 0.465. The van der Waals surface area contributed by atoms with Crippen molar-refractivity contribution < 1.29 is 42.3 Å². The molecule has 166 valence electrons. The van der Waals surface area contributed by atoms with E-state index in [1.807, 2.05) is 0 Å². The van der Waals surface area contributed by atoms with E-state index in [0.29, 0.717) is 5.06 Å². The van der Waals surface area contributed by atoms with Crippen LogP contribution >= 0.6 is 7.60 Å². The Morgan fingerprint density at radius 3 is 2.20 bits per heavy atom. The second kappa shape index (κ2) is 10.8. The first-order valence-corrected chi connectivity index (χ1v) is 11.2. The summed E-state index contributed by atoms with van der Waals surface area (Å²) >= 11 is 0. The third kappa shape index (κ3) is 6.20. The predicted molar refractivity (Wildman–Crippen MR) is 105 cm³/mol. The molecule has 0 bridgehead atoms. The zero-order valence-corrected chi connectivity index (χ0v) is 18.3. The fraction of sp³-hybridized carbons (Fsp3) is 0.526. The summed E-state index contributed by atoms with van der Waals surface area (Å²) in [6.07, 6.45) is -1.68. The zero-order chi connectivity index (χ0) is 22.3. The molecular formula is C19H26NO9P. The second-order valence-corrected chi connectivity index (χ2v) is 8.65. The molecule has 0 radical (unpaired) electrons. The number of esters is 1. The molecule has 1 aliphatic rings. The van der Waals surface area contributed by atoms with Crippen LogP contribution in [0.25, 0.3) is 0 Å². The standard InChI is InChI=1S/C19H26NO9P/c1-5-27-30(24,6-2)29-14(4)25-11-15(28-13(3)21)12-26-20-18(22)16-9-7-8-10-17(16)19(20)23/h7-10,14-15H,5-6,11-12H2,1-4H3. The molecule has 0 saturated heterocycles. The maximum Gasteiger partial charge on any atom is 0.332 e. The van der Waals surface area contributed by atoms with E-state index in [9.17, 15) is 18.9 Å². The normalized spacial score (nSPS) is 17.4. The van der Waals surface area contributed by atoms with Crippen molar-refractivity contribution in [3.8, 4) is 0 Å². The van der Waals surface area contributed by atoms with Gasteiger partial charge in [0.1, 0.15) is 6.61 Å². The topological polar surface area (TPSA) is 118 Å². The lowest BCUT2D eigenvalue weighted by Crippen LogP contribution is -2.37. The van der Waals surface area contributed by atoms with E-state index in [2.05, 4.69) is 0 Å². The maximum atomic E-state index is 12.4. The number of nitrogens with zero attached hydrogens (tertiary/aromatic N) is 1. The van der Waals surface area contributed by atoms with Crippen molar-refractivity contribution in [2.24, 2.45) is 0 Å². The minimum Gasteiger partial charge on any atom is -0.458 e. The van der Waals surface area contributed by atoms with E-state index < -0.39 is 37.8 Å². The first-order valence-electron chi connectivity index (χ1n) is 9.52. The summed E-state index contributed by atoms with van der Waals surface area (Å²) in [6, 6.07) is 6.33. The Labute approximate surface area is 174 Å². The van der Waals surface area contributed by atoms with Crippen LogP contribution < -0.4 is 0 Å². The molecule has 3 atom stereocenters. The number of fused-ring (bicyclic) bond motifs is 1. The van der Waals surface area contributed by atoms with Crippen molar-refractivity contribution in [2.45, 2.75) is 40.1 Å². The first-order chi connectivity index (χ1) is 14.2. The average molecular weight is 443 g/mol. The number of hydrogen-bond donors (Lipinski definition) is 0. The van der Waals surface area contributed by atoms with E-state index >= 15 is 0 Å². The smallest absolute Gasteiger partial charge is 0.332 e. The van der Waals surface area contributed by atoms with Crippen LogP contribution in [0.2, 0.25) is 0 Å². The van der Waals surface area contributed by atoms with Gasteiger partial charge < -0.3 is 14.0 Å². The fourth-order valence-electron chi connectivity index (χ4n) is 2.69. The number of benzene rings is 1. The first kappa shape index (κ1) is 24.2.